The van der Waals surface area contributed by atoms with Crippen molar-refractivity contribution in [2.24, 2.45) is 5.92 Å². The monoisotopic (exact) mass is 259 g/mol. The van der Waals surface area contributed by atoms with Gasteiger partial charge in [-0.15, -0.1) is 0 Å². The summed E-state index contributed by atoms with van der Waals surface area (Å²) in [6.45, 7) is 7.37. The van der Waals surface area contributed by atoms with E-state index in [2.05, 4.69) is 26.9 Å². The lowest BCUT2D eigenvalue weighted by molar-refractivity contribution is 0.113. The second kappa shape index (κ2) is 6.49. The van der Waals surface area contributed by atoms with Crippen LogP contribution in [0.5, 0.6) is 0 Å². The third-order valence-corrected chi connectivity index (χ3v) is 4.61. The Bertz CT molecular complexity index is 365. The van der Waals surface area contributed by atoms with Crippen molar-refractivity contribution in [2.75, 3.05) is 32.7 Å². The van der Waals surface area contributed by atoms with E-state index in [1.165, 1.54) is 64.0 Å². The summed E-state index contributed by atoms with van der Waals surface area (Å²) in [7, 11) is 0. The molecule has 19 heavy (non-hydrogen) atoms. The van der Waals surface area contributed by atoms with E-state index in [0.29, 0.717) is 0 Å². The summed E-state index contributed by atoms with van der Waals surface area (Å²) in [6, 6.07) is 4.26. The SMILES string of the molecule is c1cc(CN2CCN(CC3CCCC3)CC2)ccn1. The molecule has 2 fully saturated rings. The van der Waals surface area contributed by atoms with E-state index in [1.807, 2.05) is 12.4 Å². The summed E-state index contributed by atoms with van der Waals surface area (Å²) in [5, 5.41) is 0. The maximum Gasteiger partial charge on any atom is 0.0271 e. The summed E-state index contributed by atoms with van der Waals surface area (Å²) in [5.74, 6) is 0.992. The first-order valence-electron chi connectivity index (χ1n) is 7.74. The molecule has 0 unspecified atom stereocenters. The van der Waals surface area contributed by atoms with Crippen molar-refractivity contribution in [3.8, 4) is 0 Å². The minimum absolute atomic E-state index is 0.992. The summed E-state index contributed by atoms with van der Waals surface area (Å²) in [5.41, 5.74) is 1.39. The van der Waals surface area contributed by atoms with Crippen LogP contribution in [0.3, 0.4) is 0 Å². The molecule has 1 aliphatic heterocycles. The fourth-order valence-corrected chi connectivity index (χ4v) is 3.43. The molecular weight excluding hydrogens is 234 g/mol. The lowest BCUT2D eigenvalue weighted by atomic mass is 10.1. The Kier molecular flexibility index (Phi) is 4.46. The molecule has 1 saturated heterocycles. The van der Waals surface area contributed by atoms with Gasteiger partial charge in [-0.3, -0.25) is 9.88 Å². The summed E-state index contributed by atoms with van der Waals surface area (Å²) in [4.78, 5) is 9.33. The van der Waals surface area contributed by atoms with Crippen LogP contribution in [0.25, 0.3) is 0 Å². The molecule has 0 radical (unpaired) electrons. The van der Waals surface area contributed by atoms with Gasteiger partial charge in [0.15, 0.2) is 0 Å². The number of rotatable bonds is 4. The second-order valence-electron chi connectivity index (χ2n) is 6.08. The topological polar surface area (TPSA) is 19.4 Å². The molecule has 3 rings (SSSR count). The Morgan fingerprint density at radius 1 is 0.947 bits per heavy atom. The highest BCUT2D eigenvalue weighted by atomic mass is 15.3. The van der Waals surface area contributed by atoms with Crippen LogP contribution in [0.2, 0.25) is 0 Å². The Morgan fingerprint density at radius 2 is 1.58 bits per heavy atom. The molecule has 0 atom stereocenters. The molecule has 0 spiro atoms. The lowest BCUT2D eigenvalue weighted by Crippen LogP contribution is -2.47. The largest absolute Gasteiger partial charge is 0.301 e. The van der Waals surface area contributed by atoms with Crippen molar-refractivity contribution in [3.63, 3.8) is 0 Å². The number of hydrogen-bond donors (Lipinski definition) is 0. The standard InChI is InChI=1S/C16H25N3/c1-2-4-15(3-1)13-18-9-11-19(12-10-18)14-16-5-7-17-8-6-16/h5-8,15H,1-4,9-14H2. The third kappa shape index (κ3) is 3.77. The molecule has 104 valence electrons. The second-order valence-corrected chi connectivity index (χ2v) is 6.08. The van der Waals surface area contributed by atoms with E-state index in [4.69, 9.17) is 0 Å². The predicted octanol–water partition coefficient (Wildman–Crippen LogP) is 2.39. The molecule has 1 aromatic rings. The molecule has 1 saturated carbocycles. The number of pyridine rings is 1. The quantitative estimate of drug-likeness (QED) is 0.827. The van der Waals surface area contributed by atoms with E-state index < -0.39 is 0 Å². The molecule has 1 aromatic heterocycles. The van der Waals surface area contributed by atoms with Crippen LogP contribution in [-0.2, 0) is 6.54 Å². The van der Waals surface area contributed by atoms with E-state index in [-0.39, 0.29) is 0 Å². The summed E-state index contributed by atoms with van der Waals surface area (Å²) >= 11 is 0. The molecule has 1 aliphatic carbocycles. The van der Waals surface area contributed by atoms with Crippen molar-refractivity contribution < 1.29 is 0 Å². The highest BCUT2D eigenvalue weighted by Gasteiger charge is 2.22. The van der Waals surface area contributed by atoms with Crippen molar-refractivity contribution in [1.29, 1.82) is 0 Å². The molecule has 2 aliphatic rings. The van der Waals surface area contributed by atoms with Crippen molar-refractivity contribution in [3.05, 3.63) is 30.1 Å². The smallest absolute Gasteiger partial charge is 0.0271 e. The number of hydrogen-bond acceptors (Lipinski definition) is 3. The van der Waals surface area contributed by atoms with Gasteiger partial charge in [0, 0.05) is 51.7 Å². The number of aromatic nitrogens is 1. The summed E-state index contributed by atoms with van der Waals surface area (Å²) < 4.78 is 0. The number of nitrogens with zero attached hydrogens (tertiary/aromatic N) is 3. The highest BCUT2D eigenvalue weighted by Crippen LogP contribution is 2.25. The van der Waals surface area contributed by atoms with E-state index >= 15 is 0 Å². The van der Waals surface area contributed by atoms with Crippen LogP contribution in [-0.4, -0.2) is 47.5 Å². The van der Waals surface area contributed by atoms with E-state index in [0.717, 1.165) is 12.5 Å². The summed E-state index contributed by atoms with van der Waals surface area (Å²) in [6.07, 6.45) is 9.66. The minimum Gasteiger partial charge on any atom is -0.301 e. The van der Waals surface area contributed by atoms with Crippen molar-refractivity contribution in [2.45, 2.75) is 32.2 Å². The Hall–Kier alpha value is -0.930. The molecule has 3 heteroatoms. The number of piperazine rings is 1. The van der Waals surface area contributed by atoms with E-state index in [1.54, 1.807) is 0 Å². The molecule has 0 bridgehead atoms. The van der Waals surface area contributed by atoms with Crippen molar-refractivity contribution >= 4 is 0 Å². The van der Waals surface area contributed by atoms with Crippen LogP contribution < -0.4 is 0 Å². The van der Waals surface area contributed by atoms with Gasteiger partial charge in [0.05, 0.1) is 0 Å². The van der Waals surface area contributed by atoms with Gasteiger partial charge in [-0.2, -0.15) is 0 Å². The van der Waals surface area contributed by atoms with Crippen LogP contribution in [0.15, 0.2) is 24.5 Å². The molecule has 2 heterocycles. The Morgan fingerprint density at radius 3 is 2.26 bits per heavy atom. The van der Waals surface area contributed by atoms with Gasteiger partial charge in [-0.05, 0) is 36.5 Å². The van der Waals surface area contributed by atoms with Gasteiger partial charge in [0.25, 0.3) is 0 Å². The first-order chi connectivity index (χ1) is 9.40. The normalized spacial score (nSPS) is 22.9. The van der Waals surface area contributed by atoms with E-state index in [9.17, 15) is 0 Å². The van der Waals surface area contributed by atoms with Crippen LogP contribution >= 0.6 is 0 Å². The molecule has 0 N–H and O–H groups in total. The van der Waals surface area contributed by atoms with Crippen molar-refractivity contribution in [1.82, 2.24) is 14.8 Å². The zero-order valence-electron chi connectivity index (χ0n) is 11.8. The predicted molar refractivity (Wildman–Crippen MR) is 77.9 cm³/mol. The van der Waals surface area contributed by atoms with Gasteiger partial charge >= 0.3 is 0 Å². The average Bonchev–Trinajstić information content (AvgIpc) is 2.95. The lowest BCUT2D eigenvalue weighted by Gasteiger charge is -2.36. The molecular formula is C16H25N3. The first-order valence-corrected chi connectivity index (χ1v) is 7.74. The maximum absolute atomic E-state index is 4.08. The van der Waals surface area contributed by atoms with Gasteiger partial charge in [-0.1, -0.05) is 12.8 Å². The zero-order valence-corrected chi connectivity index (χ0v) is 11.8. The minimum atomic E-state index is 0.992. The Balaban J connectivity index is 1.41. The average molecular weight is 259 g/mol. The fourth-order valence-electron chi connectivity index (χ4n) is 3.43. The third-order valence-electron chi connectivity index (χ3n) is 4.61. The first kappa shape index (κ1) is 13.1. The fraction of sp³-hybridized carbons (Fsp3) is 0.688. The zero-order chi connectivity index (χ0) is 12.9. The van der Waals surface area contributed by atoms with Gasteiger partial charge in [0.2, 0.25) is 0 Å². The van der Waals surface area contributed by atoms with Gasteiger partial charge < -0.3 is 4.90 Å². The van der Waals surface area contributed by atoms with Crippen LogP contribution in [0, 0.1) is 5.92 Å². The molecule has 3 nitrogen and oxygen atoms in total. The van der Waals surface area contributed by atoms with Crippen LogP contribution in [0.4, 0.5) is 0 Å². The van der Waals surface area contributed by atoms with Gasteiger partial charge in [-0.25, -0.2) is 0 Å². The highest BCUT2D eigenvalue weighted by molar-refractivity contribution is 5.09. The maximum atomic E-state index is 4.08. The molecule has 0 amide bonds. The Labute approximate surface area is 116 Å². The van der Waals surface area contributed by atoms with Gasteiger partial charge in [0.1, 0.15) is 0 Å². The molecule has 0 aromatic carbocycles. The van der Waals surface area contributed by atoms with Crippen LogP contribution in [0.1, 0.15) is 31.2 Å².